The summed E-state index contributed by atoms with van der Waals surface area (Å²) in [5.41, 5.74) is 0.875. The Morgan fingerprint density at radius 2 is 2.15 bits per heavy atom. The first-order chi connectivity index (χ1) is 9.63. The average molecular weight is 334 g/mol. The van der Waals surface area contributed by atoms with Gasteiger partial charge in [-0.1, -0.05) is 21.1 Å². The second-order valence-electron chi connectivity index (χ2n) is 4.43. The van der Waals surface area contributed by atoms with Crippen molar-refractivity contribution in [2.45, 2.75) is 19.9 Å². The fourth-order valence-corrected chi connectivity index (χ4v) is 2.26. The molecule has 0 radical (unpaired) electrons. The van der Waals surface area contributed by atoms with Crippen molar-refractivity contribution in [1.82, 2.24) is 20.1 Å². The molecule has 3 rings (SSSR count). The first kappa shape index (κ1) is 13.0. The summed E-state index contributed by atoms with van der Waals surface area (Å²) in [5.74, 6) is 1.88. The van der Waals surface area contributed by atoms with E-state index in [4.69, 9.17) is 4.52 Å². The predicted molar refractivity (Wildman–Crippen MR) is 78.3 cm³/mol. The van der Waals surface area contributed by atoms with Crippen molar-refractivity contribution in [1.29, 1.82) is 0 Å². The molecule has 1 atom stereocenters. The zero-order valence-corrected chi connectivity index (χ0v) is 12.5. The maximum atomic E-state index is 5.16. The van der Waals surface area contributed by atoms with Gasteiger partial charge in [0.2, 0.25) is 5.89 Å². The zero-order chi connectivity index (χ0) is 14.1. The maximum Gasteiger partial charge on any atom is 0.248 e. The van der Waals surface area contributed by atoms with Crippen LogP contribution in [-0.2, 0) is 0 Å². The second-order valence-corrected chi connectivity index (χ2v) is 5.35. The Labute approximate surface area is 123 Å². The van der Waals surface area contributed by atoms with Gasteiger partial charge in [-0.15, -0.1) is 0 Å². The van der Waals surface area contributed by atoms with Gasteiger partial charge in [-0.2, -0.15) is 4.98 Å². The number of rotatable bonds is 3. The first-order valence-corrected chi connectivity index (χ1v) is 6.90. The molecule has 6 nitrogen and oxygen atoms in total. The molecule has 0 fully saturated rings. The van der Waals surface area contributed by atoms with Crippen LogP contribution < -0.4 is 5.32 Å². The largest absolute Gasteiger partial charge is 0.358 e. The monoisotopic (exact) mass is 333 g/mol. The van der Waals surface area contributed by atoms with Crippen molar-refractivity contribution in [3.05, 3.63) is 40.7 Å². The Kier molecular flexibility index (Phi) is 3.35. The van der Waals surface area contributed by atoms with Gasteiger partial charge in [-0.05, 0) is 32.0 Å². The number of benzene rings is 1. The standard InChI is InChI=1S/C13H12BrN5O/c1-7(13-18-8(2)19-20-13)17-12-10-5-9(14)3-4-11(10)15-6-16-12/h3-7H,1-2H3,(H,15,16,17). The quantitative estimate of drug-likeness (QED) is 0.792. The van der Waals surface area contributed by atoms with E-state index in [0.717, 1.165) is 21.2 Å². The van der Waals surface area contributed by atoms with Crippen LogP contribution in [-0.4, -0.2) is 20.1 Å². The second kappa shape index (κ2) is 5.16. The summed E-state index contributed by atoms with van der Waals surface area (Å²) in [6.07, 6.45) is 1.53. The molecule has 3 aromatic rings. The van der Waals surface area contributed by atoms with Crippen molar-refractivity contribution in [2.24, 2.45) is 0 Å². The van der Waals surface area contributed by atoms with E-state index in [9.17, 15) is 0 Å². The van der Waals surface area contributed by atoms with Crippen LogP contribution in [0.5, 0.6) is 0 Å². The Balaban J connectivity index is 1.96. The summed E-state index contributed by atoms with van der Waals surface area (Å²) in [5, 5.41) is 8.00. The number of fused-ring (bicyclic) bond motifs is 1. The maximum absolute atomic E-state index is 5.16. The molecule has 20 heavy (non-hydrogen) atoms. The molecular weight excluding hydrogens is 322 g/mol. The third-order valence-electron chi connectivity index (χ3n) is 2.86. The van der Waals surface area contributed by atoms with Crippen molar-refractivity contribution < 1.29 is 4.52 Å². The molecule has 2 aromatic heterocycles. The SMILES string of the molecule is Cc1noc(C(C)Nc2ncnc3ccc(Br)cc23)n1. The van der Waals surface area contributed by atoms with Crippen LogP contribution in [0.4, 0.5) is 5.82 Å². The van der Waals surface area contributed by atoms with E-state index in [-0.39, 0.29) is 6.04 Å². The molecule has 0 aliphatic heterocycles. The van der Waals surface area contributed by atoms with Crippen LogP contribution in [0.2, 0.25) is 0 Å². The van der Waals surface area contributed by atoms with Crippen molar-refractivity contribution in [3.63, 3.8) is 0 Å². The number of halogens is 1. The lowest BCUT2D eigenvalue weighted by Gasteiger charge is -2.12. The van der Waals surface area contributed by atoms with E-state index in [1.807, 2.05) is 25.1 Å². The minimum atomic E-state index is -0.131. The molecular formula is C13H12BrN5O. The van der Waals surface area contributed by atoms with Crippen LogP contribution in [0, 0.1) is 6.92 Å². The van der Waals surface area contributed by atoms with Gasteiger partial charge >= 0.3 is 0 Å². The number of hydrogen-bond donors (Lipinski definition) is 1. The molecule has 1 aromatic carbocycles. The Morgan fingerprint density at radius 3 is 2.90 bits per heavy atom. The first-order valence-electron chi connectivity index (χ1n) is 6.10. The molecule has 2 heterocycles. The molecule has 0 saturated carbocycles. The number of anilines is 1. The van der Waals surface area contributed by atoms with Crippen LogP contribution >= 0.6 is 15.9 Å². The lowest BCUT2D eigenvalue weighted by atomic mass is 10.2. The topological polar surface area (TPSA) is 76.7 Å². The van der Waals surface area contributed by atoms with Gasteiger partial charge in [0, 0.05) is 9.86 Å². The van der Waals surface area contributed by atoms with E-state index < -0.39 is 0 Å². The summed E-state index contributed by atoms with van der Waals surface area (Å²) in [6, 6.07) is 5.73. The highest BCUT2D eigenvalue weighted by atomic mass is 79.9. The summed E-state index contributed by atoms with van der Waals surface area (Å²) < 4.78 is 6.13. The highest BCUT2D eigenvalue weighted by Crippen LogP contribution is 2.26. The van der Waals surface area contributed by atoms with E-state index in [1.54, 1.807) is 6.92 Å². The highest BCUT2D eigenvalue weighted by Gasteiger charge is 2.14. The molecule has 0 aliphatic rings. The van der Waals surface area contributed by atoms with Crippen molar-refractivity contribution in [2.75, 3.05) is 5.32 Å². The van der Waals surface area contributed by atoms with Gasteiger partial charge in [-0.3, -0.25) is 0 Å². The fraction of sp³-hybridized carbons (Fsp3) is 0.231. The Morgan fingerprint density at radius 1 is 1.30 bits per heavy atom. The Bertz CT molecular complexity index is 757. The molecule has 7 heteroatoms. The highest BCUT2D eigenvalue weighted by molar-refractivity contribution is 9.10. The molecule has 1 unspecified atom stereocenters. The third-order valence-corrected chi connectivity index (χ3v) is 3.36. The average Bonchev–Trinajstić information content (AvgIpc) is 2.86. The lowest BCUT2D eigenvalue weighted by Crippen LogP contribution is -2.09. The molecule has 102 valence electrons. The van der Waals surface area contributed by atoms with Gasteiger partial charge in [0.05, 0.1) is 5.52 Å². The molecule has 0 amide bonds. The van der Waals surface area contributed by atoms with Crippen molar-refractivity contribution in [3.8, 4) is 0 Å². The minimum Gasteiger partial charge on any atom is -0.358 e. The van der Waals surface area contributed by atoms with E-state index in [0.29, 0.717) is 11.7 Å². The van der Waals surface area contributed by atoms with E-state index in [2.05, 4.69) is 41.4 Å². The number of nitrogens with one attached hydrogen (secondary N) is 1. The van der Waals surface area contributed by atoms with Crippen LogP contribution in [0.25, 0.3) is 10.9 Å². The number of nitrogens with zero attached hydrogens (tertiary/aromatic N) is 4. The van der Waals surface area contributed by atoms with E-state index >= 15 is 0 Å². The van der Waals surface area contributed by atoms with Crippen LogP contribution in [0.15, 0.2) is 33.5 Å². The summed E-state index contributed by atoms with van der Waals surface area (Å²) in [7, 11) is 0. The normalized spacial score (nSPS) is 12.6. The molecule has 0 aliphatic carbocycles. The smallest absolute Gasteiger partial charge is 0.248 e. The van der Waals surface area contributed by atoms with E-state index in [1.165, 1.54) is 6.33 Å². The summed E-state index contributed by atoms with van der Waals surface area (Å²) in [6.45, 7) is 3.73. The summed E-state index contributed by atoms with van der Waals surface area (Å²) in [4.78, 5) is 12.7. The zero-order valence-electron chi connectivity index (χ0n) is 11.0. The van der Waals surface area contributed by atoms with Crippen LogP contribution in [0.3, 0.4) is 0 Å². The number of aryl methyl sites for hydroxylation is 1. The molecule has 0 saturated heterocycles. The Hall–Kier alpha value is -2.02. The molecule has 0 spiro atoms. The molecule has 1 N–H and O–H groups in total. The molecule has 0 bridgehead atoms. The van der Waals surface area contributed by atoms with Gasteiger partial charge in [0.25, 0.3) is 0 Å². The summed E-state index contributed by atoms with van der Waals surface area (Å²) >= 11 is 3.46. The predicted octanol–water partition coefficient (Wildman–Crippen LogP) is 3.26. The van der Waals surface area contributed by atoms with Gasteiger partial charge < -0.3 is 9.84 Å². The van der Waals surface area contributed by atoms with Crippen molar-refractivity contribution >= 4 is 32.7 Å². The third kappa shape index (κ3) is 2.49. The van der Waals surface area contributed by atoms with Gasteiger partial charge in [-0.25, -0.2) is 9.97 Å². The lowest BCUT2D eigenvalue weighted by molar-refractivity contribution is 0.364. The van der Waals surface area contributed by atoms with Gasteiger partial charge in [0.15, 0.2) is 5.82 Å². The number of hydrogen-bond acceptors (Lipinski definition) is 6. The minimum absolute atomic E-state index is 0.131. The van der Waals surface area contributed by atoms with Crippen LogP contribution in [0.1, 0.15) is 24.7 Å². The van der Waals surface area contributed by atoms with Gasteiger partial charge in [0.1, 0.15) is 18.2 Å². The fourth-order valence-electron chi connectivity index (χ4n) is 1.90. The number of aromatic nitrogens is 4.